The van der Waals surface area contributed by atoms with Crippen molar-refractivity contribution in [3.8, 4) is 29.4 Å². The number of nitriles is 1. The summed E-state index contributed by atoms with van der Waals surface area (Å²) in [6, 6.07) is 27.8. The normalized spacial score (nSPS) is 16.3. The van der Waals surface area contributed by atoms with Crippen LogP contribution < -0.4 is 9.47 Å². The summed E-state index contributed by atoms with van der Waals surface area (Å²) in [4.78, 5) is 39.3. The van der Waals surface area contributed by atoms with Crippen LogP contribution in [0, 0.1) is 29.1 Å². The van der Waals surface area contributed by atoms with Gasteiger partial charge in [0.1, 0.15) is 48.4 Å². The highest BCUT2D eigenvalue weighted by Crippen LogP contribution is 2.51. The van der Waals surface area contributed by atoms with Gasteiger partial charge in [-0.1, -0.05) is 60.5 Å². The Hall–Kier alpha value is -6.50. The van der Waals surface area contributed by atoms with E-state index in [1.54, 1.807) is 30.1 Å². The molecular weight excluding hydrogens is 928 g/mol. The molecule has 376 valence electrons. The average Bonchev–Trinajstić information content (AvgIpc) is 3.94. The van der Waals surface area contributed by atoms with Gasteiger partial charge < -0.3 is 42.4 Å². The fourth-order valence-corrected chi connectivity index (χ4v) is 9.81. The standard InChI is InChI=1S/C52H63N8O10P/c1-35(2)60(36(3)4)71(68-28-14-27-53)70-46-29-48(59-51-49(50(54-33-55-51)56-34-58(7)8)45(57-59)26-17-39(30-65-37(5)61)31-66-38(6)62)69-47(46)32-67-52(40-15-12-11-13-16-40,41-18-22-43(63-9)23-19-41)42-20-24-44(64-10)25-21-42/h11-13,15-16,18-25,33-36,39,46-48H,14,28-32H2,1-10H3/b56-34-. The number of ether oxygens (including phenoxy) is 6. The van der Waals surface area contributed by atoms with Gasteiger partial charge in [0.2, 0.25) is 0 Å². The number of fused-ring (bicyclic) bond motifs is 1. The van der Waals surface area contributed by atoms with E-state index in [4.69, 9.17) is 47.6 Å². The lowest BCUT2D eigenvalue weighted by atomic mass is 9.80. The van der Waals surface area contributed by atoms with Crippen LogP contribution in [0.1, 0.15) is 83.0 Å². The van der Waals surface area contributed by atoms with Crippen LogP contribution in [-0.4, -0.2) is 127 Å². The lowest BCUT2D eigenvalue weighted by Crippen LogP contribution is -2.39. The largest absolute Gasteiger partial charge is 0.497 e. The SMILES string of the molecule is COc1ccc(C(OCC2OC(n3nc(C#CC(COC(C)=O)COC(C)=O)c4c(/N=C\N(C)C)ncnc43)CC2OP(OCCC#N)N(C(C)C)C(C)C)(c2ccccc2)c2ccc(OC)cc2)cc1. The van der Waals surface area contributed by atoms with Crippen molar-refractivity contribution in [2.24, 2.45) is 10.9 Å². The first-order valence-electron chi connectivity index (χ1n) is 23.3. The number of benzene rings is 3. The molecule has 5 aromatic rings. The highest BCUT2D eigenvalue weighted by atomic mass is 31.2. The molecule has 4 unspecified atom stereocenters. The van der Waals surface area contributed by atoms with Crippen molar-refractivity contribution in [3.05, 3.63) is 108 Å². The number of esters is 2. The predicted octanol–water partition coefficient (Wildman–Crippen LogP) is 8.12. The molecule has 2 aromatic heterocycles. The minimum Gasteiger partial charge on any atom is -0.497 e. The summed E-state index contributed by atoms with van der Waals surface area (Å²) >= 11 is 0. The van der Waals surface area contributed by atoms with Crippen LogP contribution in [0.3, 0.4) is 0 Å². The highest BCUT2D eigenvalue weighted by molar-refractivity contribution is 7.44. The monoisotopic (exact) mass is 990 g/mol. The Labute approximate surface area is 417 Å². The number of carbonyl (C=O) groups excluding carboxylic acids is 2. The zero-order chi connectivity index (χ0) is 51.1. The van der Waals surface area contributed by atoms with Crippen molar-refractivity contribution >= 4 is 43.7 Å². The first-order valence-corrected chi connectivity index (χ1v) is 24.4. The Morgan fingerprint density at radius 3 is 2.03 bits per heavy atom. The van der Waals surface area contributed by atoms with Crippen LogP contribution in [0.4, 0.5) is 5.82 Å². The highest BCUT2D eigenvalue weighted by Gasteiger charge is 2.46. The van der Waals surface area contributed by atoms with Gasteiger partial charge in [0.15, 0.2) is 17.7 Å². The van der Waals surface area contributed by atoms with Crippen molar-refractivity contribution in [1.29, 1.82) is 5.26 Å². The van der Waals surface area contributed by atoms with Gasteiger partial charge >= 0.3 is 11.9 Å². The van der Waals surface area contributed by atoms with E-state index in [2.05, 4.69) is 60.3 Å². The Kier molecular flexibility index (Phi) is 19.4. The summed E-state index contributed by atoms with van der Waals surface area (Å²) in [5.74, 6) is 6.20. The molecule has 6 rings (SSSR count). The van der Waals surface area contributed by atoms with Gasteiger partial charge in [0.25, 0.3) is 8.53 Å². The Morgan fingerprint density at radius 2 is 1.49 bits per heavy atom. The number of aromatic nitrogens is 4. The Morgan fingerprint density at radius 1 is 0.901 bits per heavy atom. The fourth-order valence-electron chi connectivity index (χ4n) is 8.05. The number of rotatable bonds is 23. The predicted molar refractivity (Wildman–Crippen MR) is 268 cm³/mol. The van der Waals surface area contributed by atoms with Crippen molar-refractivity contribution in [3.63, 3.8) is 0 Å². The molecule has 0 bridgehead atoms. The molecule has 18 nitrogen and oxygen atoms in total. The van der Waals surface area contributed by atoms with E-state index in [1.165, 1.54) is 20.2 Å². The number of carbonyl (C=O) groups is 2. The first kappa shape index (κ1) is 53.8. The van der Waals surface area contributed by atoms with Crippen LogP contribution in [-0.2, 0) is 43.2 Å². The van der Waals surface area contributed by atoms with Crippen molar-refractivity contribution in [2.45, 2.75) is 90.5 Å². The molecule has 1 saturated heterocycles. The van der Waals surface area contributed by atoms with Crippen molar-refractivity contribution in [1.82, 2.24) is 29.3 Å². The maximum atomic E-state index is 11.8. The van der Waals surface area contributed by atoms with Gasteiger partial charge in [0, 0.05) is 46.4 Å². The molecule has 1 aliphatic heterocycles. The molecule has 0 saturated carbocycles. The smallest absolute Gasteiger partial charge is 0.302 e. The van der Waals surface area contributed by atoms with Crippen LogP contribution in [0.15, 0.2) is 90.2 Å². The molecule has 3 aromatic carbocycles. The van der Waals surface area contributed by atoms with Crippen molar-refractivity contribution in [2.75, 3.05) is 54.7 Å². The molecular formula is C52H63N8O10P. The maximum absolute atomic E-state index is 11.8. The van der Waals surface area contributed by atoms with Crippen LogP contribution in [0.2, 0.25) is 0 Å². The molecule has 0 amide bonds. The number of hydrogen-bond acceptors (Lipinski definition) is 16. The molecule has 1 fully saturated rings. The van der Waals surface area contributed by atoms with Gasteiger partial charge in [-0.3, -0.25) is 9.59 Å². The van der Waals surface area contributed by atoms with E-state index in [0.29, 0.717) is 28.4 Å². The third kappa shape index (κ3) is 13.7. The van der Waals surface area contributed by atoms with E-state index in [-0.39, 0.29) is 57.0 Å². The average molecular weight is 991 g/mol. The maximum Gasteiger partial charge on any atom is 0.302 e. The second-order valence-corrected chi connectivity index (χ2v) is 18.7. The van der Waals surface area contributed by atoms with Crippen LogP contribution >= 0.6 is 8.53 Å². The summed E-state index contributed by atoms with van der Waals surface area (Å²) < 4.78 is 53.7. The first-order chi connectivity index (χ1) is 34.2. The second kappa shape index (κ2) is 25.6. The third-order valence-corrected chi connectivity index (χ3v) is 13.4. The molecule has 0 N–H and O–H groups in total. The molecule has 3 heterocycles. The van der Waals surface area contributed by atoms with Gasteiger partial charge in [0.05, 0.1) is 63.7 Å². The fraction of sp³-hybridized carbons (Fsp3) is 0.442. The van der Waals surface area contributed by atoms with Gasteiger partial charge in [-0.15, -0.1) is 0 Å². The zero-order valence-corrected chi connectivity index (χ0v) is 42.9. The van der Waals surface area contributed by atoms with E-state index >= 15 is 0 Å². The molecule has 4 atom stereocenters. The van der Waals surface area contributed by atoms with Crippen LogP contribution in [0.25, 0.3) is 11.0 Å². The number of aliphatic imine (C=N–C) groups is 1. The van der Waals surface area contributed by atoms with E-state index in [1.807, 2.05) is 93.0 Å². The van der Waals surface area contributed by atoms with E-state index in [9.17, 15) is 14.9 Å². The molecule has 71 heavy (non-hydrogen) atoms. The molecule has 19 heteroatoms. The molecule has 0 radical (unpaired) electrons. The zero-order valence-electron chi connectivity index (χ0n) is 42.0. The summed E-state index contributed by atoms with van der Waals surface area (Å²) in [6.07, 6.45) is 1.23. The number of hydrogen-bond donors (Lipinski definition) is 0. The lowest BCUT2D eigenvalue weighted by Gasteiger charge is -2.39. The lowest BCUT2D eigenvalue weighted by molar-refractivity contribution is -0.144. The molecule has 0 aliphatic carbocycles. The number of methoxy groups -OCH3 is 2. The van der Waals surface area contributed by atoms with Crippen molar-refractivity contribution < 1.29 is 47.1 Å². The minimum absolute atomic E-state index is 0.00600. The third-order valence-electron chi connectivity index (χ3n) is 11.2. The number of nitrogens with zero attached hydrogens (tertiary/aromatic N) is 8. The molecule has 0 spiro atoms. The summed E-state index contributed by atoms with van der Waals surface area (Å²) in [6.45, 7) is 10.8. The Bertz CT molecular complexity index is 2590. The van der Waals surface area contributed by atoms with Gasteiger partial charge in [-0.05, 0) is 74.6 Å². The second-order valence-electron chi connectivity index (χ2n) is 17.3. The summed E-state index contributed by atoms with van der Waals surface area (Å²) in [5.41, 5.74) is 1.98. The Balaban J connectivity index is 1.51. The van der Waals surface area contributed by atoms with Gasteiger partial charge in [-0.2, -0.15) is 10.4 Å². The summed E-state index contributed by atoms with van der Waals surface area (Å²) in [7, 11) is 5.18. The van der Waals surface area contributed by atoms with E-state index < -0.39 is 50.4 Å². The molecule has 1 aliphatic rings. The van der Waals surface area contributed by atoms with Crippen LogP contribution in [0.5, 0.6) is 11.5 Å². The quantitative estimate of drug-likeness (QED) is 0.0116. The minimum atomic E-state index is -1.75. The summed E-state index contributed by atoms with van der Waals surface area (Å²) in [5, 5.41) is 15.0. The van der Waals surface area contributed by atoms with E-state index in [0.717, 1.165) is 16.7 Å². The van der Waals surface area contributed by atoms with Gasteiger partial charge in [-0.25, -0.2) is 24.3 Å². The topological polar surface area (TPSA) is 194 Å².